The number of carbonyl (C=O) groups excluding carboxylic acids is 1. The van der Waals surface area contributed by atoms with E-state index in [1.165, 1.54) is 12.1 Å². The molecule has 0 radical (unpaired) electrons. The largest absolute Gasteiger partial charge is 0.325 e. The predicted molar refractivity (Wildman–Crippen MR) is 77.1 cm³/mol. The highest BCUT2D eigenvalue weighted by molar-refractivity contribution is 6.12. The van der Waals surface area contributed by atoms with E-state index in [4.69, 9.17) is 0 Å². The average Bonchev–Trinajstić information content (AvgIpc) is 2.74. The molecule has 2 aromatic rings. The Balaban J connectivity index is 1.91. The van der Waals surface area contributed by atoms with E-state index in [2.05, 4.69) is 10.3 Å². The van der Waals surface area contributed by atoms with E-state index in [0.29, 0.717) is 5.69 Å². The molecule has 1 heterocycles. The molecule has 0 fully saturated rings. The van der Waals surface area contributed by atoms with Crippen LogP contribution in [-0.2, 0) is 4.79 Å². The number of hydrogen-bond donors (Lipinski definition) is 1. The van der Waals surface area contributed by atoms with Gasteiger partial charge in [-0.05, 0) is 42.3 Å². The number of hydrogen-bond acceptors (Lipinski definition) is 2. The summed E-state index contributed by atoms with van der Waals surface area (Å²) in [4.78, 5) is 16.3. The fourth-order valence-electron chi connectivity index (χ4n) is 2.30. The smallest absolute Gasteiger partial charge is 0.237 e. The third-order valence-electron chi connectivity index (χ3n) is 3.36. The second-order valence-electron chi connectivity index (χ2n) is 4.76. The first kappa shape index (κ1) is 12.5. The molecule has 3 rings (SSSR count). The van der Waals surface area contributed by atoms with Crippen molar-refractivity contribution in [2.24, 2.45) is 4.99 Å². The van der Waals surface area contributed by atoms with Crippen LogP contribution in [0.4, 0.5) is 15.8 Å². The summed E-state index contributed by atoms with van der Waals surface area (Å²) in [6, 6.07) is 11.9. The molecule has 0 aromatic heterocycles. The lowest BCUT2D eigenvalue weighted by molar-refractivity contribution is -0.115. The molecule has 0 spiro atoms. The number of benzene rings is 2. The van der Waals surface area contributed by atoms with Gasteiger partial charge >= 0.3 is 0 Å². The van der Waals surface area contributed by atoms with E-state index < -0.39 is 5.92 Å². The number of fused-ring (bicyclic) bond motifs is 1. The lowest BCUT2D eigenvalue weighted by Crippen LogP contribution is -2.12. The van der Waals surface area contributed by atoms with Gasteiger partial charge in [0.2, 0.25) is 5.91 Å². The molecule has 2 aromatic carbocycles. The van der Waals surface area contributed by atoms with Crippen LogP contribution in [0.5, 0.6) is 0 Å². The Hall–Kier alpha value is -2.49. The normalized spacial score (nSPS) is 17.3. The maximum Gasteiger partial charge on any atom is 0.237 e. The molecule has 0 aliphatic carbocycles. The number of halogens is 1. The summed E-state index contributed by atoms with van der Waals surface area (Å²) < 4.78 is 13.0. The van der Waals surface area contributed by atoms with Gasteiger partial charge in [0.25, 0.3) is 0 Å². The molecular formula is C16H13FN2O. The van der Waals surface area contributed by atoms with E-state index in [9.17, 15) is 9.18 Å². The van der Waals surface area contributed by atoms with Gasteiger partial charge in [-0.3, -0.25) is 9.79 Å². The molecule has 0 bridgehead atoms. The molecule has 1 unspecified atom stereocenters. The number of nitrogens with zero attached hydrogens (tertiary/aromatic N) is 1. The highest BCUT2D eigenvalue weighted by Crippen LogP contribution is 2.31. The molecule has 1 atom stereocenters. The van der Waals surface area contributed by atoms with Crippen LogP contribution in [0, 0.1) is 12.7 Å². The minimum Gasteiger partial charge on any atom is -0.325 e. The minimum absolute atomic E-state index is 0.0882. The summed E-state index contributed by atoms with van der Waals surface area (Å²) >= 11 is 0. The molecule has 3 nitrogen and oxygen atoms in total. The highest BCUT2D eigenvalue weighted by atomic mass is 19.1. The van der Waals surface area contributed by atoms with Crippen LogP contribution in [-0.4, -0.2) is 12.1 Å². The van der Waals surface area contributed by atoms with Gasteiger partial charge in [-0.25, -0.2) is 4.39 Å². The van der Waals surface area contributed by atoms with Crippen molar-refractivity contribution in [1.29, 1.82) is 0 Å². The number of aliphatic imine (C=N–C) groups is 1. The SMILES string of the molecule is Cc1cc(F)ccc1N=CC1C(=O)Nc2ccccc21. The number of amides is 1. The van der Waals surface area contributed by atoms with Gasteiger partial charge in [0.15, 0.2) is 0 Å². The Kier molecular flexibility index (Phi) is 3.06. The first-order valence-corrected chi connectivity index (χ1v) is 6.35. The molecule has 1 aliphatic heterocycles. The number of nitrogens with one attached hydrogen (secondary N) is 1. The Morgan fingerprint density at radius 3 is 2.85 bits per heavy atom. The summed E-state index contributed by atoms with van der Waals surface area (Å²) in [5, 5.41) is 2.82. The van der Waals surface area contributed by atoms with Gasteiger partial charge in [-0.1, -0.05) is 18.2 Å². The zero-order chi connectivity index (χ0) is 14.1. The Labute approximate surface area is 116 Å². The van der Waals surface area contributed by atoms with Crippen molar-refractivity contribution in [1.82, 2.24) is 0 Å². The summed E-state index contributed by atoms with van der Waals surface area (Å²) in [6.07, 6.45) is 1.61. The van der Waals surface area contributed by atoms with E-state index in [1.54, 1.807) is 19.2 Å². The lowest BCUT2D eigenvalue weighted by atomic mass is 10.0. The van der Waals surface area contributed by atoms with Crippen molar-refractivity contribution < 1.29 is 9.18 Å². The Morgan fingerprint density at radius 2 is 2.05 bits per heavy atom. The fraction of sp³-hybridized carbons (Fsp3) is 0.125. The van der Waals surface area contributed by atoms with Crippen LogP contribution >= 0.6 is 0 Å². The van der Waals surface area contributed by atoms with Crippen LogP contribution in [0.3, 0.4) is 0 Å². The third-order valence-corrected chi connectivity index (χ3v) is 3.36. The summed E-state index contributed by atoms with van der Waals surface area (Å²) in [5.41, 5.74) is 3.15. The van der Waals surface area contributed by atoms with Crippen LogP contribution in [0.15, 0.2) is 47.5 Å². The van der Waals surface area contributed by atoms with Crippen LogP contribution in [0.25, 0.3) is 0 Å². The predicted octanol–water partition coefficient (Wildman–Crippen LogP) is 3.57. The van der Waals surface area contributed by atoms with Crippen molar-refractivity contribution in [2.45, 2.75) is 12.8 Å². The van der Waals surface area contributed by atoms with Crippen molar-refractivity contribution in [3.8, 4) is 0 Å². The van der Waals surface area contributed by atoms with Crippen molar-refractivity contribution in [3.63, 3.8) is 0 Å². The summed E-state index contributed by atoms with van der Waals surface area (Å²) in [7, 11) is 0. The molecule has 1 N–H and O–H groups in total. The number of carbonyl (C=O) groups is 1. The first-order chi connectivity index (χ1) is 9.65. The number of rotatable bonds is 2. The Bertz CT molecular complexity index is 709. The van der Waals surface area contributed by atoms with Crippen molar-refractivity contribution in [2.75, 3.05) is 5.32 Å². The maximum absolute atomic E-state index is 13.0. The molecular weight excluding hydrogens is 255 g/mol. The van der Waals surface area contributed by atoms with Crippen molar-refractivity contribution >= 4 is 23.5 Å². The topological polar surface area (TPSA) is 41.5 Å². The molecule has 0 saturated carbocycles. The summed E-state index contributed by atoms with van der Waals surface area (Å²) in [6.45, 7) is 1.79. The van der Waals surface area contributed by atoms with E-state index in [1.807, 2.05) is 24.3 Å². The van der Waals surface area contributed by atoms with Gasteiger partial charge < -0.3 is 5.32 Å². The van der Waals surface area contributed by atoms with Gasteiger partial charge in [-0.15, -0.1) is 0 Å². The van der Waals surface area contributed by atoms with Crippen LogP contribution < -0.4 is 5.32 Å². The number of para-hydroxylation sites is 1. The van der Waals surface area contributed by atoms with Crippen LogP contribution in [0.1, 0.15) is 17.0 Å². The van der Waals surface area contributed by atoms with Gasteiger partial charge in [0.1, 0.15) is 11.7 Å². The zero-order valence-corrected chi connectivity index (χ0v) is 10.9. The molecule has 0 saturated heterocycles. The highest BCUT2D eigenvalue weighted by Gasteiger charge is 2.28. The zero-order valence-electron chi connectivity index (χ0n) is 10.9. The molecule has 100 valence electrons. The molecule has 1 aliphatic rings. The number of aryl methyl sites for hydroxylation is 1. The number of anilines is 1. The van der Waals surface area contributed by atoms with Gasteiger partial charge in [-0.2, -0.15) is 0 Å². The van der Waals surface area contributed by atoms with Crippen molar-refractivity contribution in [3.05, 3.63) is 59.4 Å². The quantitative estimate of drug-likeness (QED) is 0.831. The van der Waals surface area contributed by atoms with E-state index in [0.717, 1.165) is 16.8 Å². The monoisotopic (exact) mass is 268 g/mol. The molecule has 1 amide bonds. The fourth-order valence-corrected chi connectivity index (χ4v) is 2.30. The van der Waals surface area contributed by atoms with Gasteiger partial charge in [0.05, 0.1) is 5.69 Å². The first-order valence-electron chi connectivity index (χ1n) is 6.35. The second-order valence-corrected chi connectivity index (χ2v) is 4.76. The molecule has 20 heavy (non-hydrogen) atoms. The van der Waals surface area contributed by atoms with Crippen LogP contribution in [0.2, 0.25) is 0 Å². The Morgan fingerprint density at radius 1 is 1.25 bits per heavy atom. The third kappa shape index (κ3) is 2.20. The average molecular weight is 268 g/mol. The van der Waals surface area contributed by atoms with E-state index in [-0.39, 0.29) is 11.7 Å². The second kappa shape index (κ2) is 4.89. The minimum atomic E-state index is -0.393. The lowest BCUT2D eigenvalue weighted by Gasteiger charge is -2.03. The van der Waals surface area contributed by atoms with E-state index >= 15 is 0 Å². The summed E-state index contributed by atoms with van der Waals surface area (Å²) in [5.74, 6) is -0.768. The van der Waals surface area contributed by atoms with Gasteiger partial charge in [0, 0.05) is 11.9 Å². The molecule has 4 heteroatoms. The standard InChI is InChI=1S/C16H13FN2O/c1-10-8-11(17)6-7-14(10)18-9-13-12-4-2-3-5-15(12)19-16(13)20/h2-9,13H,1H3,(H,19,20). The maximum atomic E-state index is 13.0.